The Morgan fingerprint density at radius 1 is 1.10 bits per heavy atom. The van der Waals surface area contributed by atoms with Gasteiger partial charge < -0.3 is 20.9 Å². The maximum atomic E-state index is 12.2. The van der Waals surface area contributed by atoms with Crippen LogP contribution >= 0.6 is 11.6 Å². The summed E-state index contributed by atoms with van der Waals surface area (Å²) in [6.45, 7) is 0.690. The van der Waals surface area contributed by atoms with Gasteiger partial charge in [-0.1, -0.05) is 72.3 Å². The molecule has 158 valence electrons. The Morgan fingerprint density at radius 3 is 2.42 bits per heavy atom. The number of carbonyl (C=O) groups excluding carboxylic acids is 1. The number of amides is 1. The predicted octanol–water partition coefficient (Wildman–Crippen LogP) is 5.57. The van der Waals surface area contributed by atoms with E-state index in [2.05, 4.69) is 29.6 Å². The summed E-state index contributed by atoms with van der Waals surface area (Å²) in [4.78, 5) is 12.2. The van der Waals surface area contributed by atoms with Crippen molar-refractivity contribution < 1.29 is 14.6 Å². The highest BCUT2D eigenvalue weighted by molar-refractivity contribution is 6.31. The number of ether oxygens (including phenoxy) is 1. The van der Waals surface area contributed by atoms with Crippen LogP contribution in [-0.4, -0.2) is 24.4 Å². The Labute approximate surface area is 186 Å². The summed E-state index contributed by atoms with van der Waals surface area (Å²) >= 11 is 5.96. The first-order valence-corrected chi connectivity index (χ1v) is 10.5. The van der Waals surface area contributed by atoms with Crippen LogP contribution in [0, 0.1) is 0 Å². The summed E-state index contributed by atoms with van der Waals surface area (Å²) in [6, 6.07) is 19.6. The number of rotatable bonds is 6. The first-order valence-electron chi connectivity index (χ1n) is 10.1. The molecule has 0 heterocycles. The highest BCUT2D eigenvalue weighted by Gasteiger charge is 2.28. The summed E-state index contributed by atoms with van der Waals surface area (Å²) in [5.41, 5.74) is 11.2. The zero-order chi connectivity index (χ0) is 21.8. The average Bonchev–Trinajstić information content (AvgIpc) is 3.09. The molecule has 0 fully saturated rings. The Kier molecular flexibility index (Phi) is 6.14. The second-order valence-electron chi connectivity index (χ2n) is 7.38. The number of nitrogens with one attached hydrogen (secondary N) is 1. The minimum absolute atomic E-state index is 0.00912. The second-order valence-corrected chi connectivity index (χ2v) is 7.81. The molecule has 0 bridgehead atoms. The first-order chi connectivity index (χ1) is 15.0. The minimum atomic E-state index is -0.454. The second kappa shape index (κ2) is 9.14. The molecule has 0 aromatic heterocycles. The number of carbonyl (C=O) groups is 1. The molecule has 4 N–H and O–H groups in total. The third-order valence-electron chi connectivity index (χ3n) is 5.36. The molecule has 0 spiro atoms. The zero-order valence-corrected chi connectivity index (χ0v) is 17.6. The normalized spacial score (nSPS) is 12.5. The third kappa shape index (κ3) is 4.52. The van der Waals surface area contributed by atoms with Crippen molar-refractivity contribution in [3.8, 4) is 16.9 Å². The Balaban J connectivity index is 1.29. The van der Waals surface area contributed by atoms with Crippen molar-refractivity contribution in [2.45, 2.75) is 12.3 Å². The molecular weight excluding hydrogens is 412 g/mol. The van der Waals surface area contributed by atoms with Gasteiger partial charge in [-0.15, -0.1) is 0 Å². The van der Waals surface area contributed by atoms with E-state index in [0.717, 1.165) is 0 Å². The van der Waals surface area contributed by atoms with E-state index in [9.17, 15) is 9.90 Å². The summed E-state index contributed by atoms with van der Waals surface area (Å²) in [5, 5.41) is 13.2. The molecule has 1 aliphatic rings. The Morgan fingerprint density at radius 2 is 1.74 bits per heavy atom. The molecule has 3 aromatic carbocycles. The first kappa shape index (κ1) is 20.8. The smallest absolute Gasteiger partial charge is 0.407 e. The predicted molar refractivity (Wildman–Crippen MR) is 124 cm³/mol. The molecule has 0 saturated heterocycles. The van der Waals surface area contributed by atoms with E-state index in [1.165, 1.54) is 28.3 Å². The number of alkyl carbamates (subject to hydrolysis) is 1. The molecular formula is C25H23ClN2O3. The summed E-state index contributed by atoms with van der Waals surface area (Å²) in [7, 11) is 0. The van der Waals surface area contributed by atoms with Crippen LogP contribution in [0.4, 0.5) is 10.5 Å². The van der Waals surface area contributed by atoms with E-state index in [0.29, 0.717) is 23.6 Å². The van der Waals surface area contributed by atoms with E-state index in [1.807, 2.05) is 30.3 Å². The highest BCUT2D eigenvalue weighted by Crippen LogP contribution is 2.44. The van der Waals surface area contributed by atoms with Gasteiger partial charge in [-0.2, -0.15) is 0 Å². The fraction of sp³-hybridized carbons (Fsp3) is 0.160. The van der Waals surface area contributed by atoms with Gasteiger partial charge in [0.2, 0.25) is 0 Å². The van der Waals surface area contributed by atoms with Crippen molar-refractivity contribution in [3.05, 3.63) is 88.5 Å². The molecule has 31 heavy (non-hydrogen) atoms. The minimum Gasteiger partial charge on any atom is -0.505 e. The van der Waals surface area contributed by atoms with Crippen molar-refractivity contribution in [2.24, 2.45) is 0 Å². The number of halogens is 1. The van der Waals surface area contributed by atoms with Gasteiger partial charge in [-0.05, 0) is 40.8 Å². The largest absolute Gasteiger partial charge is 0.505 e. The van der Waals surface area contributed by atoms with E-state index in [1.54, 1.807) is 12.1 Å². The van der Waals surface area contributed by atoms with Crippen LogP contribution < -0.4 is 11.1 Å². The number of hydrogen-bond acceptors (Lipinski definition) is 4. The van der Waals surface area contributed by atoms with Crippen LogP contribution in [0.2, 0.25) is 5.02 Å². The number of anilines is 1. The highest BCUT2D eigenvalue weighted by atomic mass is 35.5. The number of benzene rings is 3. The van der Waals surface area contributed by atoms with E-state index >= 15 is 0 Å². The summed E-state index contributed by atoms with van der Waals surface area (Å²) in [5.74, 6) is 0.0273. The van der Waals surface area contributed by atoms with Crippen LogP contribution in [0.5, 0.6) is 5.75 Å². The van der Waals surface area contributed by atoms with Gasteiger partial charge in [0.05, 0.1) is 5.69 Å². The monoisotopic (exact) mass is 434 g/mol. The van der Waals surface area contributed by atoms with Gasteiger partial charge in [0.1, 0.15) is 12.4 Å². The Hall–Kier alpha value is -3.44. The lowest BCUT2D eigenvalue weighted by Crippen LogP contribution is -2.26. The van der Waals surface area contributed by atoms with Gasteiger partial charge in [0.25, 0.3) is 0 Å². The number of phenolic OH excluding ortho intramolecular Hbond substituents is 1. The molecule has 3 aromatic rings. The molecule has 0 atom stereocenters. The molecule has 1 amide bonds. The fourth-order valence-corrected chi connectivity index (χ4v) is 4.12. The standard InChI is InChI=1S/C25H23ClN2O3/c26-17-13-16(24(29)23(27)14-17)7-5-6-12-28-25(30)31-15-22-20-10-3-1-8-18(20)19-9-2-4-11-21(19)22/h1-5,7-11,13-14,22,29H,6,12,15,27H2,(H,28,30). The van der Waals surface area contributed by atoms with Crippen molar-refractivity contribution in [1.82, 2.24) is 5.32 Å². The van der Waals surface area contributed by atoms with Gasteiger partial charge in [0.15, 0.2) is 0 Å². The molecule has 5 nitrogen and oxygen atoms in total. The van der Waals surface area contributed by atoms with E-state index < -0.39 is 6.09 Å². The number of nitrogen functional groups attached to an aromatic ring is 1. The topological polar surface area (TPSA) is 84.6 Å². The number of nitrogens with two attached hydrogens (primary N) is 1. The Bertz CT molecular complexity index is 1100. The van der Waals surface area contributed by atoms with Crippen molar-refractivity contribution in [2.75, 3.05) is 18.9 Å². The molecule has 1 aliphatic carbocycles. The van der Waals surface area contributed by atoms with E-state index in [4.69, 9.17) is 22.1 Å². The van der Waals surface area contributed by atoms with Crippen molar-refractivity contribution in [3.63, 3.8) is 0 Å². The third-order valence-corrected chi connectivity index (χ3v) is 5.57. The van der Waals surface area contributed by atoms with Crippen LogP contribution in [0.3, 0.4) is 0 Å². The lowest BCUT2D eigenvalue weighted by atomic mass is 9.98. The molecule has 6 heteroatoms. The van der Waals surface area contributed by atoms with Gasteiger partial charge in [-0.3, -0.25) is 0 Å². The van der Waals surface area contributed by atoms with Gasteiger partial charge in [-0.25, -0.2) is 4.79 Å². The maximum Gasteiger partial charge on any atom is 0.407 e. The van der Waals surface area contributed by atoms with Crippen molar-refractivity contribution in [1.29, 1.82) is 0 Å². The maximum absolute atomic E-state index is 12.2. The summed E-state index contributed by atoms with van der Waals surface area (Å²) < 4.78 is 5.51. The number of hydrogen-bond donors (Lipinski definition) is 3. The fourth-order valence-electron chi connectivity index (χ4n) is 3.89. The van der Waals surface area contributed by atoms with Crippen LogP contribution in [0.15, 0.2) is 66.7 Å². The molecule has 0 aliphatic heterocycles. The quantitative estimate of drug-likeness (QED) is 0.269. The summed E-state index contributed by atoms with van der Waals surface area (Å²) in [6.07, 6.45) is 3.66. The van der Waals surface area contributed by atoms with Crippen LogP contribution in [0.25, 0.3) is 17.2 Å². The zero-order valence-electron chi connectivity index (χ0n) is 16.8. The average molecular weight is 435 g/mol. The SMILES string of the molecule is Nc1cc(Cl)cc(C=CCCNC(=O)OCC2c3ccccc3-c3ccccc32)c1O. The number of fused-ring (bicyclic) bond motifs is 3. The van der Waals surface area contributed by atoms with Gasteiger partial charge in [0, 0.05) is 23.0 Å². The molecule has 4 rings (SSSR count). The van der Waals surface area contributed by atoms with Crippen LogP contribution in [0.1, 0.15) is 29.0 Å². The molecule has 0 unspecified atom stereocenters. The van der Waals surface area contributed by atoms with Crippen LogP contribution in [-0.2, 0) is 4.74 Å². The van der Waals surface area contributed by atoms with E-state index in [-0.39, 0.29) is 24.0 Å². The van der Waals surface area contributed by atoms with Gasteiger partial charge >= 0.3 is 6.09 Å². The molecule has 0 saturated carbocycles. The number of phenols is 1. The van der Waals surface area contributed by atoms with Crippen molar-refractivity contribution >= 4 is 29.5 Å². The lowest BCUT2D eigenvalue weighted by molar-refractivity contribution is 0.143. The lowest BCUT2D eigenvalue weighted by Gasteiger charge is -2.14. The number of aromatic hydroxyl groups is 1. The molecule has 0 radical (unpaired) electrons.